The lowest BCUT2D eigenvalue weighted by Crippen LogP contribution is -2.24. The van der Waals surface area contributed by atoms with Crippen LogP contribution in [0.2, 0.25) is 0 Å². The molecule has 0 saturated heterocycles. The van der Waals surface area contributed by atoms with Gasteiger partial charge >= 0.3 is 0 Å². The Kier molecular flexibility index (Phi) is 8.06. The average molecular weight is 843 g/mol. The van der Waals surface area contributed by atoms with Gasteiger partial charge in [-0.15, -0.1) is 0 Å². The van der Waals surface area contributed by atoms with Crippen molar-refractivity contribution < 1.29 is 13.6 Å². The van der Waals surface area contributed by atoms with Gasteiger partial charge in [-0.1, -0.05) is 104 Å². The maximum Gasteiger partial charge on any atom is 0.159 e. The minimum absolute atomic E-state index is 0.0631. The van der Waals surface area contributed by atoms with E-state index in [9.17, 15) is 0 Å². The lowest BCUT2D eigenvalue weighted by atomic mass is 9.70. The van der Waals surface area contributed by atoms with E-state index in [0.29, 0.717) is 0 Å². The first-order valence-electron chi connectivity index (χ1n) is 22.7. The fraction of sp³-hybridized carbons (Fsp3) is 0.133. The second-order valence-electron chi connectivity index (χ2n) is 18.6. The number of nitrogens with zero attached hydrogens (tertiary/aromatic N) is 2. The van der Waals surface area contributed by atoms with Crippen molar-refractivity contribution in [3.8, 4) is 5.75 Å². The lowest BCUT2D eigenvalue weighted by molar-refractivity contribution is 0.415. The molecular formula is C60H46N2O3. The Morgan fingerprint density at radius 2 is 1.03 bits per heavy atom. The second kappa shape index (κ2) is 13.9. The molecule has 0 unspecified atom stereocenters. The largest absolute Gasteiger partial charge is 0.497 e. The van der Waals surface area contributed by atoms with Crippen molar-refractivity contribution in [1.82, 2.24) is 0 Å². The lowest BCUT2D eigenvalue weighted by Gasteiger charge is -2.37. The number of ether oxygens (including phenoxy) is 1. The topological polar surface area (TPSA) is 42.0 Å². The highest BCUT2D eigenvalue weighted by atomic mass is 16.5. The molecule has 65 heavy (non-hydrogen) atoms. The highest BCUT2D eigenvalue weighted by Gasteiger charge is 2.34. The molecule has 0 atom stereocenters. The number of hydrogen-bond donors (Lipinski definition) is 0. The van der Waals surface area contributed by atoms with Crippen molar-refractivity contribution in [3.63, 3.8) is 0 Å². The van der Waals surface area contributed by atoms with E-state index >= 15 is 0 Å². The maximum atomic E-state index is 6.82. The molecular weight excluding hydrogens is 797 g/mol. The number of anilines is 6. The van der Waals surface area contributed by atoms with Crippen LogP contribution in [0, 0.1) is 13.8 Å². The van der Waals surface area contributed by atoms with Crippen molar-refractivity contribution in [2.24, 2.45) is 0 Å². The predicted octanol–water partition coefficient (Wildman–Crippen LogP) is 17.2. The summed E-state index contributed by atoms with van der Waals surface area (Å²) in [5, 5.41) is 12.1. The van der Waals surface area contributed by atoms with Crippen molar-refractivity contribution in [2.75, 3.05) is 16.9 Å². The molecule has 0 fully saturated rings. The SMILES string of the molecule is COc1ccc(N(c2cc3c4c(cc5c(N(c6ccc(C)cc6)c6cccc7c6oc6ccccc67)cc(C)c6ccc2c4c65)C(C)(C)CC3)c2cccc3c2oc2ccccc23)cc1. The molecule has 314 valence electrons. The second-order valence-corrected chi connectivity index (χ2v) is 18.6. The van der Waals surface area contributed by atoms with Gasteiger partial charge in [0.2, 0.25) is 0 Å². The van der Waals surface area contributed by atoms with Crippen LogP contribution in [0.3, 0.4) is 0 Å². The summed E-state index contributed by atoms with van der Waals surface area (Å²) in [4.78, 5) is 4.86. The quantitative estimate of drug-likeness (QED) is 0.150. The van der Waals surface area contributed by atoms with Gasteiger partial charge < -0.3 is 23.4 Å². The van der Waals surface area contributed by atoms with Crippen LogP contribution >= 0.6 is 0 Å². The fourth-order valence-electron chi connectivity index (χ4n) is 11.1. The molecule has 0 radical (unpaired) electrons. The summed E-state index contributed by atoms with van der Waals surface area (Å²) in [7, 11) is 1.72. The van der Waals surface area contributed by atoms with Gasteiger partial charge in [-0.05, 0) is 144 Å². The van der Waals surface area contributed by atoms with Crippen molar-refractivity contribution in [3.05, 3.63) is 186 Å². The van der Waals surface area contributed by atoms with Crippen LogP contribution in [-0.2, 0) is 11.8 Å². The van der Waals surface area contributed by atoms with E-state index in [2.05, 4.69) is 195 Å². The van der Waals surface area contributed by atoms with Crippen molar-refractivity contribution in [1.29, 1.82) is 0 Å². The maximum absolute atomic E-state index is 6.82. The number of hydrogen-bond acceptors (Lipinski definition) is 5. The molecule has 0 amide bonds. The van der Waals surface area contributed by atoms with Gasteiger partial charge in [0.15, 0.2) is 11.2 Å². The molecule has 0 bridgehead atoms. The first-order chi connectivity index (χ1) is 31.8. The molecule has 1 aliphatic rings. The van der Waals surface area contributed by atoms with E-state index < -0.39 is 0 Å². The Hall–Kier alpha value is -7.76. The highest BCUT2D eigenvalue weighted by Crippen LogP contribution is 2.55. The molecule has 2 heterocycles. The molecule has 0 N–H and O–H groups in total. The minimum atomic E-state index is -0.0631. The zero-order valence-corrected chi connectivity index (χ0v) is 37.1. The summed E-state index contributed by atoms with van der Waals surface area (Å²) in [6.07, 6.45) is 2.01. The number of rotatable bonds is 7. The molecule has 0 saturated carbocycles. The van der Waals surface area contributed by atoms with Gasteiger partial charge in [-0.2, -0.15) is 0 Å². The van der Waals surface area contributed by atoms with E-state index in [4.69, 9.17) is 13.6 Å². The molecule has 0 aliphatic heterocycles. The summed E-state index contributed by atoms with van der Waals surface area (Å²) in [6.45, 7) is 9.29. The summed E-state index contributed by atoms with van der Waals surface area (Å²) in [5.41, 5.74) is 15.0. The number of benzene rings is 10. The third-order valence-electron chi connectivity index (χ3n) is 14.3. The van der Waals surface area contributed by atoms with Crippen LogP contribution in [0.5, 0.6) is 5.75 Å². The fourth-order valence-corrected chi connectivity index (χ4v) is 11.1. The van der Waals surface area contributed by atoms with Crippen LogP contribution in [0.15, 0.2) is 173 Å². The Bertz CT molecular complexity index is 3870. The summed E-state index contributed by atoms with van der Waals surface area (Å²) in [6, 6.07) is 59.3. The Labute approximate surface area is 377 Å². The number of methoxy groups -OCH3 is 1. The first kappa shape index (κ1) is 37.8. The molecule has 2 aromatic heterocycles. The van der Waals surface area contributed by atoms with E-state index in [-0.39, 0.29) is 5.41 Å². The number of fused-ring (bicyclic) bond motifs is 6. The Morgan fingerprint density at radius 1 is 0.477 bits per heavy atom. The Morgan fingerprint density at radius 3 is 1.65 bits per heavy atom. The van der Waals surface area contributed by atoms with Crippen molar-refractivity contribution >= 4 is 110 Å². The predicted molar refractivity (Wildman–Crippen MR) is 271 cm³/mol. The van der Waals surface area contributed by atoms with E-state index in [1.165, 1.54) is 54.6 Å². The third kappa shape index (κ3) is 5.51. The molecule has 10 aromatic carbocycles. The summed E-state index contributed by atoms with van der Waals surface area (Å²) >= 11 is 0. The highest BCUT2D eigenvalue weighted by molar-refractivity contribution is 6.31. The average Bonchev–Trinajstić information content (AvgIpc) is 3.91. The van der Waals surface area contributed by atoms with Crippen LogP contribution < -0.4 is 14.5 Å². The zero-order chi connectivity index (χ0) is 43.7. The molecule has 5 nitrogen and oxygen atoms in total. The van der Waals surface area contributed by atoms with Gasteiger partial charge in [0.1, 0.15) is 16.9 Å². The number of aryl methyl sites for hydroxylation is 3. The van der Waals surface area contributed by atoms with Crippen LogP contribution in [0.25, 0.3) is 76.2 Å². The van der Waals surface area contributed by atoms with Crippen LogP contribution in [0.4, 0.5) is 34.1 Å². The molecule has 0 spiro atoms. The van der Waals surface area contributed by atoms with Crippen molar-refractivity contribution in [2.45, 2.75) is 46.0 Å². The van der Waals surface area contributed by atoms with E-state index in [1.807, 2.05) is 6.07 Å². The van der Waals surface area contributed by atoms with E-state index in [0.717, 1.165) is 96.6 Å². The van der Waals surface area contributed by atoms with Gasteiger partial charge in [0, 0.05) is 49.1 Å². The van der Waals surface area contributed by atoms with Gasteiger partial charge in [-0.25, -0.2) is 0 Å². The van der Waals surface area contributed by atoms with Crippen LogP contribution in [0.1, 0.15) is 42.5 Å². The zero-order valence-electron chi connectivity index (χ0n) is 37.1. The van der Waals surface area contributed by atoms with Gasteiger partial charge in [0.25, 0.3) is 0 Å². The monoisotopic (exact) mass is 842 g/mol. The summed E-state index contributed by atoms with van der Waals surface area (Å²) in [5.74, 6) is 0.812. The first-order valence-corrected chi connectivity index (χ1v) is 22.7. The van der Waals surface area contributed by atoms with Gasteiger partial charge in [-0.3, -0.25) is 0 Å². The van der Waals surface area contributed by atoms with E-state index in [1.54, 1.807) is 7.11 Å². The number of furan rings is 2. The standard InChI is InChI=1S/C60H46N2O3/c1-35-20-22-38(23-21-35)61(49-16-10-14-44-42-12-6-8-18-53(42)64-58(44)49)51-32-36(2)41-28-29-46-52(33-37-30-31-60(3,4)48-34-47(51)56(41)57(46)55(37)48)62(39-24-26-40(63-5)27-25-39)50-17-11-15-45-43-13-7-9-19-54(43)65-59(45)50/h6-29,32-34H,30-31H2,1-5H3. The third-order valence-corrected chi connectivity index (χ3v) is 14.3. The molecule has 1 aliphatic carbocycles. The smallest absolute Gasteiger partial charge is 0.159 e. The Balaban J connectivity index is 1.16. The molecule has 5 heteroatoms. The molecule has 13 rings (SSSR count). The molecule has 12 aromatic rings. The number of para-hydroxylation sites is 4. The normalized spacial score (nSPS) is 13.6. The summed E-state index contributed by atoms with van der Waals surface area (Å²) < 4.78 is 19.3. The van der Waals surface area contributed by atoms with Gasteiger partial charge in [0.05, 0.1) is 29.9 Å². The van der Waals surface area contributed by atoms with Crippen LogP contribution in [-0.4, -0.2) is 7.11 Å². The minimum Gasteiger partial charge on any atom is -0.497 e.